The van der Waals surface area contributed by atoms with Gasteiger partial charge < -0.3 is 15.5 Å². The molecular formula is C15H27N3O2. The molecule has 1 heterocycles. The molecule has 3 atom stereocenters. The summed E-state index contributed by atoms with van der Waals surface area (Å²) in [6.07, 6.45) is 0. The molecule has 1 aliphatic carbocycles. The molecule has 5 heteroatoms. The van der Waals surface area contributed by atoms with Crippen LogP contribution in [0.25, 0.3) is 0 Å². The van der Waals surface area contributed by atoms with E-state index in [-0.39, 0.29) is 17.4 Å². The minimum absolute atomic E-state index is 0.0455. The highest BCUT2D eigenvalue weighted by Gasteiger charge is 2.63. The molecule has 2 fully saturated rings. The number of hydrogen-bond acceptors (Lipinski definition) is 2. The smallest absolute Gasteiger partial charge is 0.315 e. The molecule has 2 aliphatic rings. The first-order chi connectivity index (χ1) is 9.09. The zero-order valence-electron chi connectivity index (χ0n) is 13.4. The normalized spacial score (nSPS) is 28.6. The number of fused-ring (bicyclic) bond motifs is 1. The summed E-state index contributed by atoms with van der Waals surface area (Å²) in [7, 11) is 1.56. The van der Waals surface area contributed by atoms with Gasteiger partial charge >= 0.3 is 6.03 Å². The maximum absolute atomic E-state index is 12.7. The second kappa shape index (κ2) is 4.64. The van der Waals surface area contributed by atoms with Crippen molar-refractivity contribution in [1.29, 1.82) is 0 Å². The van der Waals surface area contributed by atoms with Gasteiger partial charge in [-0.25, -0.2) is 4.79 Å². The zero-order chi connectivity index (χ0) is 15.3. The predicted molar refractivity (Wildman–Crippen MR) is 78.2 cm³/mol. The van der Waals surface area contributed by atoms with Crippen LogP contribution in [0.5, 0.6) is 0 Å². The monoisotopic (exact) mass is 281 g/mol. The summed E-state index contributed by atoms with van der Waals surface area (Å²) in [5, 5.41) is 5.32. The average Bonchev–Trinajstić information content (AvgIpc) is 2.74. The Balaban J connectivity index is 2.03. The quantitative estimate of drug-likeness (QED) is 0.804. The number of nitrogens with one attached hydrogen (secondary N) is 2. The maximum Gasteiger partial charge on any atom is 0.315 e. The maximum atomic E-state index is 12.7. The van der Waals surface area contributed by atoms with Crippen molar-refractivity contribution >= 4 is 11.9 Å². The Morgan fingerprint density at radius 2 is 1.70 bits per heavy atom. The standard InChI is InChI=1S/C15H27N3O2/c1-14(2,3)11(17-13(20)16-6)12(19)18-7-9-10(8-18)15(9,4)5/h9-11H,7-8H2,1-6H3,(H2,16,17,20)/t9-,10+,11-/m1/s1. The first kappa shape index (κ1) is 15.1. The molecule has 0 aromatic heterocycles. The van der Waals surface area contributed by atoms with Crippen LogP contribution >= 0.6 is 0 Å². The van der Waals surface area contributed by atoms with Crippen molar-refractivity contribution < 1.29 is 9.59 Å². The van der Waals surface area contributed by atoms with Crippen LogP contribution in [-0.2, 0) is 4.79 Å². The molecular weight excluding hydrogens is 254 g/mol. The summed E-state index contributed by atoms with van der Waals surface area (Å²) in [6, 6.07) is -0.786. The van der Waals surface area contributed by atoms with Gasteiger partial charge in [0.25, 0.3) is 0 Å². The van der Waals surface area contributed by atoms with Crippen molar-refractivity contribution in [2.24, 2.45) is 22.7 Å². The molecule has 0 radical (unpaired) electrons. The Kier molecular flexibility index (Phi) is 3.51. The third-order valence-electron chi connectivity index (χ3n) is 5.05. The van der Waals surface area contributed by atoms with Gasteiger partial charge in [-0.1, -0.05) is 34.6 Å². The van der Waals surface area contributed by atoms with Gasteiger partial charge in [0.2, 0.25) is 5.91 Å². The molecule has 1 saturated carbocycles. The lowest BCUT2D eigenvalue weighted by molar-refractivity contribution is -0.135. The lowest BCUT2D eigenvalue weighted by Crippen LogP contribution is -2.56. The fourth-order valence-electron chi connectivity index (χ4n) is 3.35. The number of carbonyl (C=O) groups excluding carboxylic acids is 2. The third kappa shape index (κ3) is 2.50. The van der Waals surface area contributed by atoms with E-state index in [1.807, 2.05) is 25.7 Å². The van der Waals surface area contributed by atoms with Crippen LogP contribution < -0.4 is 10.6 Å². The summed E-state index contributed by atoms with van der Waals surface area (Å²) >= 11 is 0. The predicted octanol–water partition coefficient (Wildman–Crippen LogP) is 1.44. The van der Waals surface area contributed by atoms with Gasteiger partial charge in [-0.2, -0.15) is 0 Å². The molecule has 3 amide bonds. The van der Waals surface area contributed by atoms with Crippen LogP contribution in [0.15, 0.2) is 0 Å². The first-order valence-electron chi connectivity index (χ1n) is 7.36. The Labute approximate surface area is 121 Å². The zero-order valence-corrected chi connectivity index (χ0v) is 13.4. The Morgan fingerprint density at radius 3 is 2.10 bits per heavy atom. The molecule has 1 aliphatic heterocycles. The second-order valence-corrected chi connectivity index (χ2v) is 7.80. The van der Waals surface area contributed by atoms with E-state index < -0.39 is 6.04 Å². The van der Waals surface area contributed by atoms with Gasteiger partial charge in [0.1, 0.15) is 6.04 Å². The third-order valence-corrected chi connectivity index (χ3v) is 5.05. The minimum atomic E-state index is -0.483. The minimum Gasteiger partial charge on any atom is -0.341 e. The molecule has 5 nitrogen and oxygen atoms in total. The molecule has 0 spiro atoms. The highest BCUT2D eigenvalue weighted by atomic mass is 16.2. The van der Waals surface area contributed by atoms with E-state index in [1.54, 1.807) is 7.05 Å². The van der Waals surface area contributed by atoms with Crippen molar-refractivity contribution in [2.45, 2.75) is 40.7 Å². The summed E-state index contributed by atoms with van der Waals surface area (Å²) in [6.45, 7) is 12.1. The van der Waals surface area contributed by atoms with Gasteiger partial charge in [0, 0.05) is 20.1 Å². The highest BCUT2D eigenvalue weighted by Crippen LogP contribution is 2.62. The molecule has 20 heavy (non-hydrogen) atoms. The number of urea groups is 1. The van der Waals surface area contributed by atoms with Crippen LogP contribution in [0.2, 0.25) is 0 Å². The van der Waals surface area contributed by atoms with Crippen molar-refractivity contribution in [3.8, 4) is 0 Å². The topological polar surface area (TPSA) is 61.4 Å². The number of likely N-dealkylation sites (tertiary alicyclic amines) is 1. The van der Waals surface area contributed by atoms with Gasteiger partial charge in [-0.15, -0.1) is 0 Å². The lowest BCUT2D eigenvalue weighted by Gasteiger charge is -2.34. The number of piperidine rings is 1. The van der Waals surface area contributed by atoms with Crippen LogP contribution in [0.1, 0.15) is 34.6 Å². The fourth-order valence-corrected chi connectivity index (χ4v) is 3.35. The SMILES string of the molecule is CNC(=O)N[C@H](C(=O)N1C[C@@H]2[C@H](C1)C2(C)C)C(C)(C)C. The summed E-state index contributed by atoms with van der Waals surface area (Å²) < 4.78 is 0. The van der Waals surface area contributed by atoms with Crippen molar-refractivity contribution in [1.82, 2.24) is 15.5 Å². The van der Waals surface area contributed by atoms with Crippen LogP contribution in [0.4, 0.5) is 4.79 Å². The van der Waals surface area contributed by atoms with E-state index in [0.29, 0.717) is 17.3 Å². The van der Waals surface area contributed by atoms with Gasteiger partial charge in [-0.3, -0.25) is 4.79 Å². The fraction of sp³-hybridized carbons (Fsp3) is 0.867. The average molecular weight is 281 g/mol. The van der Waals surface area contributed by atoms with Gasteiger partial charge in [0.05, 0.1) is 0 Å². The Morgan fingerprint density at radius 1 is 1.20 bits per heavy atom. The van der Waals surface area contributed by atoms with Crippen LogP contribution in [0.3, 0.4) is 0 Å². The molecule has 0 unspecified atom stereocenters. The molecule has 0 bridgehead atoms. The molecule has 0 aromatic carbocycles. The summed E-state index contributed by atoms with van der Waals surface area (Å²) in [4.78, 5) is 26.2. The molecule has 2 rings (SSSR count). The van der Waals surface area contributed by atoms with Crippen molar-refractivity contribution in [2.75, 3.05) is 20.1 Å². The number of carbonyl (C=O) groups is 2. The van der Waals surface area contributed by atoms with Crippen LogP contribution in [0, 0.1) is 22.7 Å². The van der Waals surface area contributed by atoms with E-state index in [0.717, 1.165) is 13.1 Å². The van der Waals surface area contributed by atoms with E-state index in [2.05, 4.69) is 24.5 Å². The van der Waals surface area contributed by atoms with Gasteiger partial charge in [0.15, 0.2) is 0 Å². The number of nitrogens with zero attached hydrogens (tertiary/aromatic N) is 1. The van der Waals surface area contributed by atoms with Crippen LogP contribution in [-0.4, -0.2) is 43.0 Å². The molecule has 0 aromatic rings. The van der Waals surface area contributed by atoms with Crippen molar-refractivity contribution in [3.63, 3.8) is 0 Å². The Bertz CT molecular complexity index is 411. The van der Waals surface area contributed by atoms with E-state index >= 15 is 0 Å². The van der Waals surface area contributed by atoms with Gasteiger partial charge in [-0.05, 0) is 22.7 Å². The van der Waals surface area contributed by atoms with E-state index in [4.69, 9.17) is 0 Å². The number of rotatable bonds is 2. The highest BCUT2D eigenvalue weighted by molar-refractivity contribution is 5.88. The first-order valence-corrected chi connectivity index (χ1v) is 7.36. The number of hydrogen-bond donors (Lipinski definition) is 2. The van der Waals surface area contributed by atoms with E-state index in [1.165, 1.54) is 0 Å². The lowest BCUT2D eigenvalue weighted by atomic mass is 9.85. The molecule has 114 valence electrons. The molecule has 2 N–H and O–H groups in total. The second-order valence-electron chi connectivity index (χ2n) is 7.80. The largest absolute Gasteiger partial charge is 0.341 e. The summed E-state index contributed by atoms with van der Waals surface area (Å²) in [5.41, 5.74) is 0.0914. The Hall–Kier alpha value is -1.26. The summed E-state index contributed by atoms with van der Waals surface area (Å²) in [5.74, 6) is 1.31. The van der Waals surface area contributed by atoms with E-state index in [9.17, 15) is 9.59 Å². The molecule has 1 saturated heterocycles. The number of amides is 3. The van der Waals surface area contributed by atoms with Crippen molar-refractivity contribution in [3.05, 3.63) is 0 Å².